The van der Waals surface area contributed by atoms with Crippen LogP contribution in [0.15, 0.2) is 42.5 Å². The van der Waals surface area contributed by atoms with Crippen LogP contribution in [-0.4, -0.2) is 19.0 Å². The van der Waals surface area contributed by atoms with E-state index in [1.165, 1.54) is 12.1 Å². The average molecular weight is 272 g/mol. The van der Waals surface area contributed by atoms with E-state index >= 15 is 0 Å². The van der Waals surface area contributed by atoms with E-state index in [0.29, 0.717) is 11.4 Å². The minimum absolute atomic E-state index is 0.0312. The molecule has 0 aliphatic heterocycles. The van der Waals surface area contributed by atoms with Gasteiger partial charge in [0, 0.05) is 49.0 Å². The maximum absolute atomic E-state index is 10.8. The second kappa shape index (κ2) is 5.48. The number of nitro benzene ring substituents is 1. The fraction of sp³-hybridized carbons (Fsp3) is 0.143. The Morgan fingerprint density at radius 2 is 1.90 bits per heavy atom. The molecule has 6 heteroatoms. The highest BCUT2D eigenvalue weighted by Gasteiger charge is 2.08. The van der Waals surface area contributed by atoms with Gasteiger partial charge in [0.15, 0.2) is 0 Å². The van der Waals surface area contributed by atoms with Crippen LogP contribution < -0.4 is 16.0 Å². The lowest BCUT2D eigenvalue weighted by atomic mass is 10.2. The summed E-state index contributed by atoms with van der Waals surface area (Å²) in [4.78, 5) is 12.3. The van der Waals surface area contributed by atoms with Crippen molar-refractivity contribution in [3.63, 3.8) is 0 Å². The molecular weight excluding hydrogens is 256 g/mol. The Morgan fingerprint density at radius 1 is 1.15 bits per heavy atom. The van der Waals surface area contributed by atoms with Crippen LogP contribution in [0.5, 0.6) is 0 Å². The summed E-state index contributed by atoms with van der Waals surface area (Å²) in [5.74, 6) is 0. The molecule has 2 rings (SSSR count). The maximum atomic E-state index is 10.8. The molecule has 0 amide bonds. The van der Waals surface area contributed by atoms with E-state index in [1.54, 1.807) is 6.07 Å². The van der Waals surface area contributed by atoms with Crippen LogP contribution in [0.1, 0.15) is 0 Å². The zero-order valence-corrected chi connectivity index (χ0v) is 11.3. The number of hydrogen-bond acceptors (Lipinski definition) is 5. The lowest BCUT2D eigenvalue weighted by molar-refractivity contribution is -0.384. The smallest absolute Gasteiger partial charge is 0.273 e. The van der Waals surface area contributed by atoms with Crippen molar-refractivity contribution >= 4 is 28.4 Å². The number of nitrogens with one attached hydrogen (secondary N) is 1. The summed E-state index contributed by atoms with van der Waals surface area (Å²) in [6.45, 7) is 0. The third-order valence-electron chi connectivity index (χ3n) is 2.80. The van der Waals surface area contributed by atoms with Crippen molar-refractivity contribution in [2.75, 3.05) is 30.0 Å². The van der Waals surface area contributed by atoms with Gasteiger partial charge in [-0.15, -0.1) is 0 Å². The van der Waals surface area contributed by atoms with Crippen LogP contribution >= 0.6 is 0 Å². The Kier molecular flexibility index (Phi) is 3.74. The van der Waals surface area contributed by atoms with Gasteiger partial charge in [0.25, 0.3) is 5.69 Å². The van der Waals surface area contributed by atoms with Crippen molar-refractivity contribution in [3.05, 3.63) is 52.6 Å². The number of hydrogen-bond donors (Lipinski definition) is 2. The summed E-state index contributed by atoms with van der Waals surface area (Å²) in [5, 5.41) is 13.9. The van der Waals surface area contributed by atoms with Crippen LogP contribution in [0.3, 0.4) is 0 Å². The Balaban J connectivity index is 2.30. The molecular formula is C14H16N4O2. The molecule has 0 spiro atoms. The van der Waals surface area contributed by atoms with Crippen molar-refractivity contribution in [1.29, 1.82) is 0 Å². The average Bonchev–Trinajstić information content (AvgIpc) is 2.38. The molecule has 0 aromatic heterocycles. The predicted molar refractivity (Wildman–Crippen MR) is 81.6 cm³/mol. The lowest BCUT2D eigenvalue weighted by Crippen LogP contribution is -2.08. The van der Waals surface area contributed by atoms with Crippen LogP contribution in [-0.2, 0) is 0 Å². The number of nitrogen functional groups attached to an aromatic ring is 1. The molecule has 0 bridgehead atoms. The summed E-state index contributed by atoms with van der Waals surface area (Å²) < 4.78 is 0. The minimum Gasteiger partial charge on any atom is -0.398 e. The van der Waals surface area contributed by atoms with Gasteiger partial charge in [0.1, 0.15) is 0 Å². The summed E-state index contributed by atoms with van der Waals surface area (Å²) in [5.41, 5.74) is 8.47. The number of rotatable bonds is 4. The van der Waals surface area contributed by atoms with Gasteiger partial charge in [-0.25, -0.2) is 0 Å². The molecule has 6 nitrogen and oxygen atoms in total. The van der Waals surface area contributed by atoms with E-state index < -0.39 is 4.92 Å². The van der Waals surface area contributed by atoms with Crippen molar-refractivity contribution < 1.29 is 4.92 Å². The molecule has 3 N–H and O–H groups in total. The van der Waals surface area contributed by atoms with Gasteiger partial charge in [-0.1, -0.05) is 6.07 Å². The van der Waals surface area contributed by atoms with E-state index in [4.69, 9.17) is 5.73 Å². The molecule has 0 unspecified atom stereocenters. The number of nitrogens with two attached hydrogens (primary N) is 1. The summed E-state index contributed by atoms with van der Waals surface area (Å²) >= 11 is 0. The quantitative estimate of drug-likeness (QED) is 0.508. The summed E-state index contributed by atoms with van der Waals surface area (Å²) in [7, 11) is 3.90. The van der Waals surface area contributed by atoms with Gasteiger partial charge in [0.2, 0.25) is 0 Å². The summed E-state index contributed by atoms with van der Waals surface area (Å²) in [6, 6.07) is 12.2. The van der Waals surface area contributed by atoms with Crippen molar-refractivity contribution in [1.82, 2.24) is 0 Å². The standard InChI is InChI=1S/C14H16N4O2/c1-17(2)13-5-3-4-11(8-13)16-12-6-10(15)7-14(9-12)18(19)20/h3-9,16H,15H2,1-2H3. The Bertz CT molecular complexity index is 641. The SMILES string of the molecule is CN(C)c1cccc(Nc2cc(N)cc([N+](=O)[O-])c2)c1. The van der Waals surface area contributed by atoms with Crippen molar-refractivity contribution in [3.8, 4) is 0 Å². The molecule has 0 fully saturated rings. The van der Waals surface area contributed by atoms with Crippen LogP contribution in [0.2, 0.25) is 0 Å². The van der Waals surface area contributed by atoms with E-state index in [-0.39, 0.29) is 5.69 Å². The Morgan fingerprint density at radius 3 is 2.55 bits per heavy atom. The molecule has 104 valence electrons. The van der Waals surface area contributed by atoms with Crippen LogP contribution in [0.25, 0.3) is 0 Å². The molecule has 0 aliphatic carbocycles. The van der Waals surface area contributed by atoms with Crippen LogP contribution in [0.4, 0.5) is 28.4 Å². The van der Waals surface area contributed by atoms with Gasteiger partial charge in [-0.05, 0) is 24.3 Å². The Hall–Kier alpha value is -2.76. The van der Waals surface area contributed by atoms with Crippen molar-refractivity contribution in [2.24, 2.45) is 0 Å². The minimum atomic E-state index is -0.461. The first-order valence-corrected chi connectivity index (χ1v) is 6.05. The highest BCUT2D eigenvalue weighted by Crippen LogP contribution is 2.26. The number of non-ortho nitro benzene ring substituents is 1. The lowest BCUT2D eigenvalue weighted by Gasteiger charge is -2.14. The summed E-state index contributed by atoms with van der Waals surface area (Å²) in [6.07, 6.45) is 0. The van der Waals surface area contributed by atoms with Crippen molar-refractivity contribution in [2.45, 2.75) is 0 Å². The highest BCUT2D eigenvalue weighted by atomic mass is 16.6. The molecule has 2 aromatic carbocycles. The van der Waals surface area contributed by atoms with Gasteiger partial charge in [0.05, 0.1) is 4.92 Å². The zero-order chi connectivity index (χ0) is 14.7. The van der Waals surface area contributed by atoms with Gasteiger partial charge < -0.3 is 16.0 Å². The Labute approximate surface area is 117 Å². The van der Waals surface area contributed by atoms with E-state index in [1.807, 2.05) is 43.3 Å². The molecule has 2 aromatic rings. The zero-order valence-electron chi connectivity index (χ0n) is 11.3. The molecule has 0 saturated heterocycles. The monoisotopic (exact) mass is 272 g/mol. The fourth-order valence-electron chi connectivity index (χ4n) is 1.84. The van der Waals surface area contributed by atoms with Gasteiger partial charge in [-0.3, -0.25) is 10.1 Å². The maximum Gasteiger partial charge on any atom is 0.273 e. The molecule has 0 atom stereocenters. The molecule has 20 heavy (non-hydrogen) atoms. The second-order valence-electron chi connectivity index (χ2n) is 4.64. The fourth-order valence-corrected chi connectivity index (χ4v) is 1.84. The molecule has 0 heterocycles. The number of nitro groups is 1. The van der Waals surface area contributed by atoms with Gasteiger partial charge in [-0.2, -0.15) is 0 Å². The van der Waals surface area contributed by atoms with Gasteiger partial charge >= 0.3 is 0 Å². The molecule has 0 aliphatic rings. The largest absolute Gasteiger partial charge is 0.398 e. The number of anilines is 4. The van der Waals surface area contributed by atoms with E-state index in [9.17, 15) is 10.1 Å². The second-order valence-corrected chi connectivity index (χ2v) is 4.64. The van der Waals surface area contributed by atoms with E-state index in [0.717, 1.165) is 11.4 Å². The topological polar surface area (TPSA) is 84.4 Å². The first kappa shape index (κ1) is 13.7. The first-order chi connectivity index (χ1) is 9.45. The third kappa shape index (κ3) is 3.17. The number of nitrogens with zero attached hydrogens (tertiary/aromatic N) is 2. The normalized spacial score (nSPS) is 10.1. The first-order valence-electron chi connectivity index (χ1n) is 6.05. The molecule has 0 radical (unpaired) electrons. The predicted octanol–water partition coefficient (Wildman–Crippen LogP) is 2.99. The third-order valence-corrected chi connectivity index (χ3v) is 2.80. The van der Waals surface area contributed by atoms with E-state index in [2.05, 4.69) is 5.32 Å². The number of benzene rings is 2. The van der Waals surface area contributed by atoms with Crippen LogP contribution in [0, 0.1) is 10.1 Å². The molecule has 0 saturated carbocycles. The highest BCUT2D eigenvalue weighted by molar-refractivity contribution is 5.69.